The molecular formula is C20H24N2O2S. The molecule has 25 heavy (non-hydrogen) atoms. The molecule has 1 aromatic carbocycles. The van der Waals surface area contributed by atoms with E-state index in [0.29, 0.717) is 12.1 Å². The van der Waals surface area contributed by atoms with Gasteiger partial charge in [-0.1, -0.05) is 32.0 Å². The lowest BCUT2D eigenvalue weighted by atomic mass is 9.93. The van der Waals surface area contributed by atoms with Gasteiger partial charge < -0.3 is 10.2 Å². The molecule has 1 aromatic heterocycles. The summed E-state index contributed by atoms with van der Waals surface area (Å²) in [7, 11) is 3.47. The standard InChI is InChI=1S/C20H24N2O2S/c1-19(2)13-20(19,16-6-5-11-25-16)18(24)21-12-14-7-9-15(10-8-14)17(23)22(3)4/h5-11H,12-13H2,1-4H3,(H,21,24). The minimum atomic E-state index is -0.401. The zero-order valence-electron chi connectivity index (χ0n) is 15.1. The minimum absolute atomic E-state index is 0.01000. The average Bonchev–Trinajstić information content (AvgIpc) is 2.94. The van der Waals surface area contributed by atoms with Gasteiger partial charge in [-0.15, -0.1) is 11.3 Å². The number of carbonyl (C=O) groups excluding carboxylic acids is 2. The van der Waals surface area contributed by atoms with Gasteiger partial charge in [-0.2, -0.15) is 0 Å². The second kappa shape index (κ2) is 6.30. The van der Waals surface area contributed by atoms with Crippen molar-refractivity contribution in [3.05, 3.63) is 57.8 Å². The van der Waals surface area contributed by atoms with Gasteiger partial charge in [-0.25, -0.2) is 0 Å². The molecule has 2 amide bonds. The molecule has 0 bridgehead atoms. The molecule has 0 radical (unpaired) electrons. The number of hydrogen-bond acceptors (Lipinski definition) is 3. The molecular weight excluding hydrogens is 332 g/mol. The molecule has 1 saturated carbocycles. The van der Waals surface area contributed by atoms with Crippen LogP contribution in [0.25, 0.3) is 0 Å². The van der Waals surface area contributed by atoms with Crippen LogP contribution in [0, 0.1) is 5.41 Å². The zero-order valence-corrected chi connectivity index (χ0v) is 15.9. The number of benzene rings is 1. The maximum atomic E-state index is 12.9. The molecule has 1 unspecified atom stereocenters. The van der Waals surface area contributed by atoms with E-state index in [-0.39, 0.29) is 17.2 Å². The number of amides is 2. The summed E-state index contributed by atoms with van der Waals surface area (Å²) in [6.45, 7) is 4.76. The Bertz CT molecular complexity index is 779. The van der Waals surface area contributed by atoms with Crippen molar-refractivity contribution in [3.63, 3.8) is 0 Å². The minimum Gasteiger partial charge on any atom is -0.351 e. The van der Waals surface area contributed by atoms with Gasteiger partial charge in [-0.05, 0) is 41.0 Å². The van der Waals surface area contributed by atoms with Gasteiger partial charge in [0, 0.05) is 31.1 Å². The summed E-state index contributed by atoms with van der Waals surface area (Å²) < 4.78 is 0. The molecule has 1 fully saturated rings. The fourth-order valence-corrected chi connectivity index (χ4v) is 4.52. The number of thiophene rings is 1. The van der Waals surface area contributed by atoms with E-state index in [1.807, 2.05) is 23.6 Å². The Morgan fingerprint density at radius 2 is 1.80 bits per heavy atom. The first-order chi connectivity index (χ1) is 11.8. The Hall–Kier alpha value is -2.14. The second-order valence-corrected chi connectivity index (χ2v) is 8.47. The number of carbonyl (C=O) groups is 2. The second-order valence-electron chi connectivity index (χ2n) is 7.52. The molecule has 3 rings (SSSR count). The molecule has 0 spiro atoms. The first-order valence-corrected chi connectivity index (χ1v) is 9.29. The Morgan fingerprint density at radius 1 is 1.16 bits per heavy atom. The van der Waals surface area contributed by atoms with Crippen LogP contribution in [0.15, 0.2) is 41.8 Å². The van der Waals surface area contributed by atoms with Crippen molar-refractivity contribution in [1.29, 1.82) is 0 Å². The van der Waals surface area contributed by atoms with Crippen molar-refractivity contribution >= 4 is 23.2 Å². The lowest BCUT2D eigenvalue weighted by Crippen LogP contribution is -2.36. The molecule has 4 nitrogen and oxygen atoms in total. The first-order valence-electron chi connectivity index (χ1n) is 8.41. The van der Waals surface area contributed by atoms with Crippen molar-refractivity contribution in [2.75, 3.05) is 14.1 Å². The highest BCUT2D eigenvalue weighted by Gasteiger charge is 2.67. The summed E-state index contributed by atoms with van der Waals surface area (Å²) in [4.78, 5) is 27.5. The summed E-state index contributed by atoms with van der Waals surface area (Å²) in [6, 6.07) is 11.5. The number of rotatable bonds is 5. The van der Waals surface area contributed by atoms with Crippen molar-refractivity contribution in [1.82, 2.24) is 10.2 Å². The van der Waals surface area contributed by atoms with Crippen LogP contribution in [0.4, 0.5) is 0 Å². The Labute approximate surface area is 152 Å². The topological polar surface area (TPSA) is 49.4 Å². The molecule has 1 N–H and O–H groups in total. The molecule has 1 heterocycles. The third-order valence-electron chi connectivity index (χ3n) is 5.13. The molecule has 1 aliphatic carbocycles. The van der Waals surface area contributed by atoms with Crippen molar-refractivity contribution in [2.45, 2.75) is 32.2 Å². The fourth-order valence-electron chi connectivity index (χ4n) is 3.42. The first kappa shape index (κ1) is 17.7. The monoisotopic (exact) mass is 356 g/mol. The van der Waals surface area contributed by atoms with Crippen LogP contribution in [0.3, 0.4) is 0 Å². The van der Waals surface area contributed by atoms with Crippen LogP contribution >= 0.6 is 11.3 Å². The van der Waals surface area contributed by atoms with E-state index in [2.05, 4.69) is 25.2 Å². The van der Waals surface area contributed by atoms with E-state index in [4.69, 9.17) is 0 Å². The van der Waals surface area contributed by atoms with E-state index in [1.54, 1.807) is 42.5 Å². The van der Waals surface area contributed by atoms with Crippen LogP contribution in [0.5, 0.6) is 0 Å². The van der Waals surface area contributed by atoms with E-state index in [0.717, 1.165) is 16.9 Å². The summed E-state index contributed by atoms with van der Waals surface area (Å²) >= 11 is 1.65. The van der Waals surface area contributed by atoms with Crippen LogP contribution in [-0.4, -0.2) is 30.8 Å². The van der Waals surface area contributed by atoms with E-state index < -0.39 is 5.41 Å². The zero-order chi connectivity index (χ0) is 18.2. The fraction of sp³-hybridized carbons (Fsp3) is 0.400. The van der Waals surface area contributed by atoms with Crippen LogP contribution in [-0.2, 0) is 16.8 Å². The van der Waals surface area contributed by atoms with Gasteiger partial charge in [0.25, 0.3) is 5.91 Å². The summed E-state index contributed by atoms with van der Waals surface area (Å²) in [5.74, 6) is 0.0698. The third-order valence-corrected chi connectivity index (χ3v) is 6.16. The van der Waals surface area contributed by atoms with Crippen molar-refractivity contribution < 1.29 is 9.59 Å². The molecule has 5 heteroatoms. The van der Waals surface area contributed by atoms with Crippen molar-refractivity contribution in [2.24, 2.45) is 5.41 Å². The summed E-state index contributed by atoms with van der Waals surface area (Å²) in [5, 5.41) is 5.12. The lowest BCUT2D eigenvalue weighted by Gasteiger charge is -2.19. The third kappa shape index (κ3) is 3.09. The van der Waals surface area contributed by atoms with Crippen LogP contribution < -0.4 is 5.32 Å². The SMILES string of the molecule is CN(C)C(=O)c1ccc(CNC(=O)C2(c3cccs3)CC2(C)C)cc1. The van der Waals surface area contributed by atoms with Gasteiger partial charge in [0.1, 0.15) is 0 Å². The number of hydrogen-bond donors (Lipinski definition) is 1. The van der Waals surface area contributed by atoms with Crippen LogP contribution in [0.1, 0.15) is 41.1 Å². The van der Waals surface area contributed by atoms with Gasteiger partial charge in [0.05, 0.1) is 5.41 Å². The van der Waals surface area contributed by atoms with E-state index >= 15 is 0 Å². The molecule has 2 aromatic rings. The molecule has 0 saturated heterocycles. The maximum absolute atomic E-state index is 12.9. The van der Waals surface area contributed by atoms with Gasteiger partial charge in [0.2, 0.25) is 5.91 Å². The summed E-state index contributed by atoms with van der Waals surface area (Å²) in [6.07, 6.45) is 0.878. The maximum Gasteiger partial charge on any atom is 0.253 e. The molecule has 0 aliphatic heterocycles. The number of nitrogens with one attached hydrogen (secondary N) is 1. The molecule has 132 valence electrons. The largest absolute Gasteiger partial charge is 0.351 e. The van der Waals surface area contributed by atoms with E-state index in [9.17, 15) is 9.59 Å². The highest BCUT2D eigenvalue weighted by Crippen LogP contribution is 2.65. The van der Waals surface area contributed by atoms with E-state index in [1.165, 1.54) is 0 Å². The van der Waals surface area contributed by atoms with Crippen LogP contribution in [0.2, 0.25) is 0 Å². The normalized spacial score (nSPS) is 20.8. The summed E-state index contributed by atoms with van der Waals surface area (Å²) in [5.41, 5.74) is 1.23. The average molecular weight is 356 g/mol. The quantitative estimate of drug-likeness (QED) is 0.892. The van der Waals surface area contributed by atoms with Gasteiger partial charge >= 0.3 is 0 Å². The predicted molar refractivity (Wildman–Crippen MR) is 101 cm³/mol. The molecule has 1 atom stereocenters. The highest BCUT2D eigenvalue weighted by atomic mass is 32.1. The molecule has 1 aliphatic rings. The van der Waals surface area contributed by atoms with Gasteiger partial charge in [0.15, 0.2) is 0 Å². The Kier molecular flexibility index (Phi) is 4.45. The Balaban J connectivity index is 1.68. The lowest BCUT2D eigenvalue weighted by molar-refractivity contribution is -0.124. The smallest absolute Gasteiger partial charge is 0.253 e. The van der Waals surface area contributed by atoms with Crippen molar-refractivity contribution in [3.8, 4) is 0 Å². The Morgan fingerprint density at radius 3 is 2.28 bits per heavy atom. The predicted octanol–water partition coefficient (Wildman–Crippen LogP) is 3.43. The number of nitrogens with zero attached hydrogens (tertiary/aromatic N) is 1. The van der Waals surface area contributed by atoms with Gasteiger partial charge in [-0.3, -0.25) is 9.59 Å². The highest BCUT2D eigenvalue weighted by molar-refractivity contribution is 7.10.